The van der Waals surface area contributed by atoms with E-state index in [1.807, 2.05) is 42.5 Å². The SMILES string of the molecule is CC(=O)N[C@H]1[C@H](O[C@H]2[C@@H](OC(C)=O)[C@@H](COC(C)=O)O[C@@H](OCc3ccc4ccccc4c3)[C@@H]2OC(C)=O)O[C@H](COC(C)=O)[C@@H](OC(C)=O)[C@@H]1O. The Bertz CT molecular complexity index is 1610. The van der Waals surface area contributed by atoms with Gasteiger partial charge in [0, 0.05) is 41.5 Å². The first-order chi connectivity index (χ1) is 24.6. The molecular weight excluding hydrogens is 690 g/mol. The summed E-state index contributed by atoms with van der Waals surface area (Å²) >= 11 is 0. The summed E-state index contributed by atoms with van der Waals surface area (Å²) in [5.41, 5.74) is 0.717. The summed E-state index contributed by atoms with van der Waals surface area (Å²) in [7, 11) is 0. The van der Waals surface area contributed by atoms with Gasteiger partial charge >= 0.3 is 29.8 Å². The van der Waals surface area contributed by atoms with Crippen molar-refractivity contribution in [2.45, 2.75) is 109 Å². The monoisotopic (exact) mass is 733 g/mol. The second-order valence-corrected chi connectivity index (χ2v) is 12.2. The minimum atomic E-state index is -1.71. The molecule has 0 spiro atoms. The van der Waals surface area contributed by atoms with Gasteiger partial charge in [-0.25, -0.2) is 0 Å². The number of aliphatic hydroxyl groups excluding tert-OH is 1. The van der Waals surface area contributed by atoms with E-state index in [4.69, 9.17) is 42.6 Å². The fourth-order valence-corrected chi connectivity index (χ4v) is 5.91. The lowest BCUT2D eigenvalue weighted by atomic mass is 9.95. The first-order valence-electron chi connectivity index (χ1n) is 16.4. The number of aliphatic hydroxyl groups is 1. The first-order valence-corrected chi connectivity index (χ1v) is 16.4. The van der Waals surface area contributed by atoms with Gasteiger partial charge in [0.15, 0.2) is 30.9 Å². The zero-order chi connectivity index (χ0) is 38.1. The topological polar surface area (TPSA) is 218 Å². The third-order valence-electron chi connectivity index (χ3n) is 7.96. The summed E-state index contributed by atoms with van der Waals surface area (Å²) in [5, 5.41) is 15.9. The molecule has 2 aliphatic heterocycles. The van der Waals surface area contributed by atoms with Crippen molar-refractivity contribution in [3.63, 3.8) is 0 Å². The summed E-state index contributed by atoms with van der Waals surface area (Å²) < 4.78 is 51.7. The number of fused-ring (bicyclic) bond motifs is 1. The second kappa shape index (κ2) is 18.2. The van der Waals surface area contributed by atoms with Crippen molar-refractivity contribution >= 4 is 46.5 Å². The van der Waals surface area contributed by atoms with E-state index >= 15 is 0 Å². The van der Waals surface area contributed by atoms with E-state index in [1.54, 1.807) is 0 Å². The van der Waals surface area contributed by atoms with Crippen molar-refractivity contribution < 1.29 is 76.5 Å². The quantitative estimate of drug-likeness (QED) is 0.217. The van der Waals surface area contributed by atoms with Gasteiger partial charge in [0.05, 0.1) is 6.61 Å². The van der Waals surface area contributed by atoms with Crippen LogP contribution >= 0.6 is 0 Å². The van der Waals surface area contributed by atoms with Crippen LogP contribution in [0, 0.1) is 0 Å². The number of ether oxygens (including phenoxy) is 9. The molecule has 52 heavy (non-hydrogen) atoms. The molecule has 2 fully saturated rings. The summed E-state index contributed by atoms with van der Waals surface area (Å²) in [5.74, 6) is -4.49. The number of rotatable bonds is 13. The standard InChI is InChI=1S/C35H43NO16/c1-17(37)36-28-29(43)30(47-20(4)40)26(15-44-18(2)38)50-34(28)52-32-31(48-21(5)41)27(16-45-19(3)39)51-35(33(32)49-22(6)42)46-14-23-11-12-24-9-7-8-10-25(24)13-23/h7-13,26-35,43H,14-16H2,1-6H3,(H,36,37)/t26-,27-,28-,29-,30-,31+,32+,33-,34+,35-/m1/s1. The maximum atomic E-state index is 12.6. The molecule has 284 valence electrons. The van der Waals surface area contributed by atoms with Crippen LogP contribution < -0.4 is 5.32 Å². The Kier molecular flexibility index (Phi) is 14.0. The van der Waals surface area contributed by atoms with Crippen molar-refractivity contribution in [2.24, 2.45) is 0 Å². The van der Waals surface area contributed by atoms with Crippen LogP contribution in [-0.2, 0) is 78.0 Å². The average molecular weight is 734 g/mol. The molecular formula is C35H43NO16. The van der Waals surface area contributed by atoms with Gasteiger partial charge < -0.3 is 53.1 Å². The first kappa shape index (κ1) is 40.1. The number of hydrogen-bond donors (Lipinski definition) is 2. The Hall–Kier alpha value is -4.68. The van der Waals surface area contributed by atoms with Crippen LogP contribution in [0.4, 0.5) is 0 Å². The third kappa shape index (κ3) is 10.9. The number of carbonyl (C=O) groups excluding carboxylic acids is 6. The molecule has 17 nitrogen and oxygen atoms in total. The molecule has 2 heterocycles. The van der Waals surface area contributed by atoms with Gasteiger partial charge in [0.2, 0.25) is 5.91 Å². The van der Waals surface area contributed by atoms with Crippen LogP contribution in [0.5, 0.6) is 0 Å². The van der Waals surface area contributed by atoms with Crippen LogP contribution in [0.15, 0.2) is 42.5 Å². The summed E-state index contributed by atoms with van der Waals surface area (Å²) in [6.07, 6.45) is -13.4. The fraction of sp³-hybridized carbons (Fsp3) is 0.543. The zero-order valence-electron chi connectivity index (χ0n) is 29.5. The van der Waals surface area contributed by atoms with Crippen molar-refractivity contribution in [1.82, 2.24) is 5.32 Å². The predicted octanol–water partition coefficient (Wildman–Crippen LogP) is 0.978. The number of hydrogen-bond acceptors (Lipinski definition) is 16. The zero-order valence-corrected chi connectivity index (χ0v) is 29.5. The van der Waals surface area contributed by atoms with Gasteiger partial charge in [0.1, 0.15) is 43.7 Å². The number of amides is 1. The van der Waals surface area contributed by atoms with Crippen LogP contribution in [0.2, 0.25) is 0 Å². The Morgan fingerprint density at radius 2 is 1.19 bits per heavy atom. The highest BCUT2D eigenvalue weighted by Crippen LogP contribution is 2.34. The maximum Gasteiger partial charge on any atom is 0.303 e. The number of esters is 5. The molecule has 0 aromatic heterocycles. The Labute approximate surface area is 299 Å². The fourth-order valence-electron chi connectivity index (χ4n) is 5.91. The summed E-state index contributed by atoms with van der Waals surface area (Å²) in [4.78, 5) is 73.0. The number of carbonyl (C=O) groups is 6. The molecule has 0 radical (unpaired) electrons. The molecule has 10 atom stereocenters. The van der Waals surface area contributed by atoms with E-state index in [0.717, 1.165) is 52.3 Å². The van der Waals surface area contributed by atoms with Crippen molar-refractivity contribution in [2.75, 3.05) is 13.2 Å². The summed E-state index contributed by atoms with van der Waals surface area (Å²) in [6.45, 7) is 5.68. The predicted molar refractivity (Wildman–Crippen MR) is 174 cm³/mol. The highest BCUT2D eigenvalue weighted by Gasteiger charge is 2.56. The summed E-state index contributed by atoms with van der Waals surface area (Å²) in [6, 6.07) is 11.8. The lowest BCUT2D eigenvalue weighted by Crippen LogP contribution is -2.69. The molecule has 2 aromatic carbocycles. The molecule has 0 aliphatic carbocycles. The van der Waals surface area contributed by atoms with Gasteiger partial charge in [-0.15, -0.1) is 0 Å². The van der Waals surface area contributed by atoms with Gasteiger partial charge in [-0.3, -0.25) is 28.8 Å². The Morgan fingerprint density at radius 1 is 0.654 bits per heavy atom. The van der Waals surface area contributed by atoms with Gasteiger partial charge in [0.25, 0.3) is 0 Å². The molecule has 0 bridgehead atoms. The molecule has 2 saturated heterocycles. The molecule has 2 aromatic rings. The van der Waals surface area contributed by atoms with Crippen molar-refractivity contribution in [3.8, 4) is 0 Å². The number of benzene rings is 2. The maximum absolute atomic E-state index is 12.6. The van der Waals surface area contributed by atoms with E-state index in [9.17, 15) is 33.9 Å². The minimum Gasteiger partial charge on any atom is -0.463 e. The van der Waals surface area contributed by atoms with Crippen LogP contribution in [-0.4, -0.2) is 115 Å². The van der Waals surface area contributed by atoms with E-state index in [-0.39, 0.29) is 6.61 Å². The minimum absolute atomic E-state index is 0.0693. The average Bonchev–Trinajstić information content (AvgIpc) is 3.06. The van der Waals surface area contributed by atoms with Gasteiger partial charge in [-0.1, -0.05) is 36.4 Å². The Morgan fingerprint density at radius 3 is 1.77 bits per heavy atom. The molecule has 1 amide bonds. The highest BCUT2D eigenvalue weighted by atomic mass is 16.8. The largest absolute Gasteiger partial charge is 0.463 e. The van der Waals surface area contributed by atoms with E-state index in [0.29, 0.717) is 5.56 Å². The van der Waals surface area contributed by atoms with Gasteiger partial charge in [-0.05, 0) is 22.4 Å². The second-order valence-electron chi connectivity index (χ2n) is 12.2. The number of nitrogens with one attached hydrogen (secondary N) is 1. The normalized spacial score (nSPS) is 28.6. The molecule has 0 saturated carbocycles. The van der Waals surface area contributed by atoms with Crippen LogP contribution in [0.25, 0.3) is 10.8 Å². The molecule has 17 heteroatoms. The van der Waals surface area contributed by atoms with Crippen molar-refractivity contribution in [3.05, 3.63) is 48.0 Å². The van der Waals surface area contributed by atoms with E-state index in [2.05, 4.69) is 5.32 Å². The highest BCUT2D eigenvalue weighted by molar-refractivity contribution is 5.83. The third-order valence-corrected chi connectivity index (χ3v) is 7.96. The molecule has 2 aliphatic rings. The molecule has 2 N–H and O–H groups in total. The smallest absolute Gasteiger partial charge is 0.303 e. The van der Waals surface area contributed by atoms with E-state index < -0.39 is 110 Å². The van der Waals surface area contributed by atoms with Crippen LogP contribution in [0.3, 0.4) is 0 Å². The van der Waals surface area contributed by atoms with Gasteiger partial charge in [-0.2, -0.15) is 0 Å². The Balaban J connectivity index is 1.75. The lowest BCUT2D eigenvalue weighted by Gasteiger charge is -2.48. The molecule has 4 rings (SSSR count). The van der Waals surface area contributed by atoms with E-state index in [1.165, 1.54) is 0 Å². The van der Waals surface area contributed by atoms with Crippen LogP contribution in [0.1, 0.15) is 47.1 Å². The van der Waals surface area contributed by atoms with Crippen molar-refractivity contribution in [1.29, 1.82) is 0 Å². The molecule has 0 unspecified atom stereocenters. The lowest BCUT2D eigenvalue weighted by molar-refractivity contribution is -0.351.